The van der Waals surface area contributed by atoms with Crippen molar-refractivity contribution in [2.24, 2.45) is 0 Å². The molecule has 0 aliphatic carbocycles. The van der Waals surface area contributed by atoms with Crippen LogP contribution in [0.15, 0.2) is 48.5 Å². The first kappa shape index (κ1) is 21.8. The summed E-state index contributed by atoms with van der Waals surface area (Å²) < 4.78 is 6.52. The predicted octanol–water partition coefficient (Wildman–Crippen LogP) is 4.97. The molecule has 1 aliphatic heterocycles. The minimum absolute atomic E-state index is 0.122. The number of carbonyl (C=O) groups excluding carboxylic acids is 1. The molecule has 3 aromatic rings. The number of para-hydroxylation sites is 1. The maximum Gasteiger partial charge on any atom is 0.220 e. The van der Waals surface area contributed by atoms with Crippen LogP contribution < -0.4 is 10.1 Å². The molecule has 0 spiro atoms. The Kier molecular flexibility index (Phi) is 7.54. The Hall–Kier alpha value is -2.44. The van der Waals surface area contributed by atoms with E-state index in [2.05, 4.69) is 33.4 Å². The lowest BCUT2D eigenvalue weighted by atomic mass is 10.0. The first-order chi connectivity index (χ1) is 15.2. The molecule has 1 amide bonds. The molecule has 4 rings (SSSR count). The van der Waals surface area contributed by atoms with Gasteiger partial charge in [0.05, 0.1) is 28.4 Å². The van der Waals surface area contributed by atoms with Crippen LogP contribution in [0.4, 0.5) is 0 Å². The quantitative estimate of drug-likeness (QED) is 0.513. The molecule has 1 atom stereocenters. The van der Waals surface area contributed by atoms with Crippen LogP contribution in [0.1, 0.15) is 48.7 Å². The highest BCUT2D eigenvalue weighted by atomic mass is 32.1. The number of nitrogens with one attached hydrogen (secondary N) is 1. The molecule has 0 bridgehead atoms. The van der Waals surface area contributed by atoms with Crippen molar-refractivity contribution >= 4 is 27.5 Å². The third-order valence-corrected chi connectivity index (χ3v) is 7.05. The number of hydrogen-bond donors (Lipinski definition) is 1. The summed E-state index contributed by atoms with van der Waals surface area (Å²) in [4.78, 5) is 19.7. The van der Waals surface area contributed by atoms with Gasteiger partial charge in [-0.2, -0.15) is 0 Å². The van der Waals surface area contributed by atoms with Gasteiger partial charge in [-0.25, -0.2) is 4.98 Å². The topological polar surface area (TPSA) is 54.5 Å². The minimum Gasteiger partial charge on any atom is -0.497 e. The lowest BCUT2D eigenvalue weighted by Crippen LogP contribution is -2.40. The van der Waals surface area contributed by atoms with E-state index in [0.29, 0.717) is 13.0 Å². The first-order valence-corrected chi connectivity index (χ1v) is 12.0. The van der Waals surface area contributed by atoms with Crippen LogP contribution in [0.25, 0.3) is 10.2 Å². The molecule has 1 aromatic heterocycles. The van der Waals surface area contributed by atoms with E-state index >= 15 is 0 Å². The first-order valence-electron chi connectivity index (χ1n) is 11.2. The molecule has 6 heteroatoms. The Morgan fingerprint density at radius 2 is 1.90 bits per heavy atom. The summed E-state index contributed by atoms with van der Waals surface area (Å²) in [5.41, 5.74) is 2.29. The summed E-state index contributed by atoms with van der Waals surface area (Å²) in [6.45, 7) is 2.82. The second-order valence-corrected chi connectivity index (χ2v) is 9.23. The number of likely N-dealkylation sites (tertiary alicyclic amines) is 1. The Balaban J connectivity index is 1.30. The molecule has 1 N–H and O–H groups in total. The minimum atomic E-state index is 0.122. The van der Waals surface area contributed by atoms with E-state index in [9.17, 15) is 4.79 Å². The average molecular weight is 438 g/mol. The van der Waals surface area contributed by atoms with Gasteiger partial charge in [0.2, 0.25) is 5.91 Å². The number of ether oxygens (including phenoxy) is 1. The van der Waals surface area contributed by atoms with Gasteiger partial charge in [-0.1, -0.05) is 30.7 Å². The molecule has 5 nitrogen and oxygen atoms in total. The summed E-state index contributed by atoms with van der Waals surface area (Å²) in [6, 6.07) is 16.7. The summed E-state index contributed by atoms with van der Waals surface area (Å²) >= 11 is 1.73. The molecule has 0 radical (unpaired) electrons. The van der Waals surface area contributed by atoms with E-state index in [4.69, 9.17) is 4.74 Å². The zero-order chi connectivity index (χ0) is 21.5. The number of methoxy groups -OCH3 is 1. The van der Waals surface area contributed by atoms with Gasteiger partial charge in [-0.15, -0.1) is 11.3 Å². The number of piperidine rings is 1. The molecular formula is C25H31N3O2S. The number of rotatable bonds is 9. The molecule has 1 aliphatic rings. The van der Waals surface area contributed by atoms with Crippen molar-refractivity contribution in [1.82, 2.24) is 15.2 Å². The molecule has 0 saturated carbocycles. The van der Waals surface area contributed by atoms with Crippen molar-refractivity contribution in [3.8, 4) is 5.75 Å². The van der Waals surface area contributed by atoms with E-state index in [1.54, 1.807) is 18.4 Å². The van der Waals surface area contributed by atoms with Crippen LogP contribution in [0.5, 0.6) is 5.75 Å². The van der Waals surface area contributed by atoms with Gasteiger partial charge < -0.3 is 10.1 Å². The zero-order valence-corrected chi connectivity index (χ0v) is 19.0. The molecule has 2 aromatic carbocycles. The van der Waals surface area contributed by atoms with Crippen LogP contribution in [0.3, 0.4) is 0 Å². The maximum absolute atomic E-state index is 12.6. The van der Waals surface area contributed by atoms with Gasteiger partial charge in [-0.3, -0.25) is 9.69 Å². The fourth-order valence-electron chi connectivity index (χ4n) is 4.24. The number of aryl methyl sites for hydroxylation is 1. The highest BCUT2D eigenvalue weighted by Gasteiger charge is 2.23. The van der Waals surface area contributed by atoms with Crippen molar-refractivity contribution in [2.75, 3.05) is 26.7 Å². The number of fused-ring (bicyclic) bond motifs is 1. The number of hydrogen-bond acceptors (Lipinski definition) is 5. The maximum atomic E-state index is 12.6. The zero-order valence-electron chi connectivity index (χ0n) is 18.2. The molecule has 2 heterocycles. The number of amides is 1. The third kappa shape index (κ3) is 5.83. The molecule has 1 saturated heterocycles. The summed E-state index contributed by atoms with van der Waals surface area (Å²) in [6.07, 6.45) is 5.95. The Morgan fingerprint density at radius 1 is 1.13 bits per heavy atom. The van der Waals surface area contributed by atoms with E-state index in [1.807, 2.05) is 30.3 Å². The summed E-state index contributed by atoms with van der Waals surface area (Å²) in [5, 5.41) is 4.30. The van der Waals surface area contributed by atoms with Crippen molar-refractivity contribution in [3.05, 3.63) is 59.1 Å². The lowest BCUT2D eigenvalue weighted by molar-refractivity contribution is -0.121. The van der Waals surface area contributed by atoms with Gasteiger partial charge in [0.15, 0.2) is 0 Å². The number of benzene rings is 2. The lowest BCUT2D eigenvalue weighted by Gasteiger charge is -2.35. The van der Waals surface area contributed by atoms with Crippen molar-refractivity contribution in [3.63, 3.8) is 0 Å². The number of aromatic nitrogens is 1. The normalized spacial score (nSPS) is 15.6. The molecule has 164 valence electrons. The fraction of sp³-hybridized carbons (Fsp3) is 0.440. The second kappa shape index (κ2) is 10.7. The summed E-state index contributed by atoms with van der Waals surface area (Å²) in [5.74, 6) is 0.983. The van der Waals surface area contributed by atoms with Gasteiger partial charge >= 0.3 is 0 Å². The van der Waals surface area contributed by atoms with Crippen molar-refractivity contribution in [1.29, 1.82) is 0 Å². The SMILES string of the molecule is COc1ccc(C(CNC(=O)CCCc2nc3ccccc3s2)N2CCCCC2)cc1. The van der Waals surface area contributed by atoms with E-state index in [-0.39, 0.29) is 11.9 Å². The second-order valence-electron chi connectivity index (χ2n) is 8.12. The molecular weight excluding hydrogens is 406 g/mol. The van der Waals surface area contributed by atoms with E-state index in [1.165, 1.54) is 29.5 Å². The summed E-state index contributed by atoms with van der Waals surface area (Å²) in [7, 11) is 1.69. The van der Waals surface area contributed by atoms with Crippen molar-refractivity contribution in [2.45, 2.75) is 44.6 Å². The van der Waals surface area contributed by atoms with Crippen LogP contribution in [0, 0.1) is 0 Å². The largest absolute Gasteiger partial charge is 0.497 e. The number of thiazole rings is 1. The van der Waals surface area contributed by atoms with Gasteiger partial charge in [0, 0.05) is 13.0 Å². The van der Waals surface area contributed by atoms with Crippen LogP contribution in [0.2, 0.25) is 0 Å². The van der Waals surface area contributed by atoms with Gasteiger partial charge in [-0.05, 0) is 68.6 Å². The molecule has 1 fully saturated rings. The van der Waals surface area contributed by atoms with Crippen LogP contribution in [-0.4, -0.2) is 42.5 Å². The average Bonchev–Trinajstić information content (AvgIpc) is 3.23. The van der Waals surface area contributed by atoms with Gasteiger partial charge in [0.25, 0.3) is 0 Å². The predicted molar refractivity (Wildman–Crippen MR) is 127 cm³/mol. The third-order valence-electron chi connectivity index (χ3n) is 5.96. The Morgan fingerprint density at radius 3 is 2.65 bits per heavy atom. The molecule has 31 heavy (non-hydrogen) atoms. The van der Waals surface area contributed by atoms with E-state index < -0.39 is 0 Å². The van der Waals surface area contributed by atoms with Crippen molar-refractivity contribution < 1.29 is 9.53 Å². The number of nitrogens with zero attached hydrogens (tertiary/aromatic N) is 2. The smallest absolute Gasteiger partial charge is 0.220 e. The monoisotopic (exact) mass is 437 g/mol. The highest BCUT2D eigenvalue weighted by molar-refractivity contribution is 7.18. The van der Waals surface area contributed by atoms with Gasteiger partial charge in [0.1, 0.15) is 5.75 Å². The fourth-order valence-corrected chi connectivity index (χ4v) is 5.25. The number of carbonyl (C=O) groups is 1. The van der Waals surface area contributed by atoms with E-state index in [0.717, 1.165) is 42.2 Å². The van der Waals surface area contributed by atoms with Crippen LogP contribution >= 0.6 is 11.3 Å². The standard InChI is InChI=1S/C25H31N3O2S/c1-30-20-14-12-19(13-15-20)22(28-16-5-2-6-17-28)18-26-24(29)10-7-11-25-27-21-8-3-4-9-23(21)31-25/h3-4,8-9,12-15,22H,2,5-7,10-11,16-18H2,1H3,(H,26,29). The Bertz CT molecular complexity index is 947. The van der Waals surface area contributed by atoms with Crippen LogP contribution in [-0.2, 0) is 11.2 Å². The molecule has 1 unspecified atom stereocenters. The highest BCUT2D eigenvalue weighted by Crippen LogP contribution is 2.26. The Labute approximate surface area is 188 Å².